The minimum Gasteiger partial charge on any atom is -0.508 e. The summed E-state index contributed by atoms with van der Waals surface area (Å²) in [5.74, 6) is -9.73. The first-order valence-electron chi connectivity index (χ1n) is 32.6. The molecule has 7 aromatic rings. The van der Waals surface area contributed by atoms with Crippen molar-refractivity contribution in [3.05, 3.63) is 155 Å². The van der Waals surface area contributed by atoms with E-state index in [0.717, 1.165) is 11.1 Å². The number of aromatic hydroxyl groups is 1. The number of thioether (sulfide) groups is 2. The molecule has 0 spiro atoms. The number of nitrogens with two attached hydrogens (primary N) is 2. The first-order valence-corrected chi connectivity index (χ1v) is 34.9. The number of phenolic OH excluding ortho intramolecular Hbond substituents is 1. The predicted molar refractivity (Wildman–Crippen MR) is 368 cm³/mol. The van der Waals surface area contributed by atoms with Crippen LogP contribution in [-0.2, 0) is 89.9 Å². The molecule has 30 heteroatoms. The lowest BCUT2D eigenvalue weighted by Crippen LogP contribution is -2.61. The number of fused-ring (bicyclic) bond motifs is 5. The number of hydrogen-bond acceptors (Lipinski definition) is 16. The van der Waals surface area contributed by atoms with Crippen LogP contribution in [0.25, 0.3) is 21.8 Å². The highest BCUT2D eigenvalue weighted by atomic mass is 32.2. The number of H-pyrrole nitrogens is 3. The molecule has 0 saturated carbocycles. The molecular weight excluding hydrogens is 1320 g/mol. The Morgan fingerprint density at radius 2 is 1.28 bits per heavy atom. The number of nitrogens with zero attached hydrogens (tertiary/aromatic N) is 2. The lowest BCUT2D eigenvalue weighted by atomic mass is 9.97. The number of amides is 9. The predicted octanol–water partition coefficient (Wildman–Crippen LogP) is 2.74. The van der Waals surface area contributed by atoms with Crippen LogP contribution in [0.1, 0.15) is 84.9 Å². The van der Waals surface area contributed by atoms with E-state index in [1.54, 1.807) is 30.5 Å². The van der Waals surface area contributed by atoms with E-state index in [1.165, 1.54) is 89.6 Å². The number of ketones is 1. The molecule has 4 aromatic carbocycles. The van der Waals surface area contributed by atoms with Crippen LogP contribution in [0, 0.1) is 11.7 Å². The van der Waals surface area contributed by atoms with E-state index in [1.807, 2.05) is 24.3 Å². The molecule has 27 nitrogen and oxygen atoms in total. The Kier molecular flexibility index (Phi) is 26.2. The van der Waals surface area contributed by atoms with E-state index in [2.05, 4.69) is 57.2 Å². The molecule has 9 amide bonds. The Morgan fingerprint density at radius 3 is 1.97 bits per heavy atom. The lowest BCUT2D eigenvalue weighted by molar-refractivity contribution is -0.142. The molecule has 5 heterocycles. The number of carbonyl (C=O) groups is 11. The molecule has 524 valence electrons. The smallest absolute Gasteiger partial charge is 0.305 e. The van der Waals surface area contributed by atoms with E-state index in [-0.39, 0.29) is 69.4 Å². The number of phenols is 1. The number of nitrogens with one attached hydrogen (secondary N) is 10. The van der Waals surface area contributed by atoms with Crippen LogP contribution in [-0.4, -0.2) is 173 Å². The van der Waals surface area contributed by atoms with Crippen molar-refractivity contribution in [2.75, 3.05) is 31.1 Å². The number of aromatic amines is 3. The van der Waals surface area contributed by atoms with Crippen LogP contribution in [0.4, 0.5) is 4.39 Å². The van der Waals surface area contributed by atoms with Gasteiger partial charge in [0.2, 0.25) is 53.2 Å². The maximum Gasteiger partial charge on any atom is 0.305 e. The minimum atomic E-state index is -1.97. The highest BCUT2D eigenvalue weighted by Crippen LogP contribution is 2.28. The van der Waals surface area contributed by atoms with Crippen molar-refractivity contribution in [1.82, 2.24) is 62.1 Å². The first kappa shape index (κ1) is 73.2. The summed E-state index contributed by atoms with van der Waals surface area (Å²) in [5.41, 5.74) is 16.3. The van der Waals surface area contributed by atoms with Crippen molar-refractivity contribution >= 4 is 110 Å². The normalized spacial score (nSPS) is 22.2. The Balaban J connectivity index is 1.04. The van der Waals surface area contributed by atoms with Gasteiger partial charge < -0.3 is 78.7 Å². The van der Waals surface area contributed by atoms with Crippen LogP contribution in [0.2, 0.25) is 0 Å². The van der Waals surface area contributed by atoms with Gasteiger partial charge in [-0.3, -0.25) is 52.7 Å². The van der Waals surface area contributed by atoms with Gasteiger partial charge in [-0.25, -0.2) is 9.37 Å². The second-order valence-corrected chi connectivity index (χ2v) is 26.7. The summed E-state index contributed by atoms with van der Waals surface area (Å²) in [6, 6.07) is 14.1. The van der Waals surface area contributed by atoms with E-state index in [9.17, 15) is 53.0 Å². The third-order valence-corrected chi connectivity index (χ3v) is 19.5. The van der Waals surface area contributed by atoms with Gasteiger partial charge in [-0.15, -0.1) is 0 Å². The molecular formula is C69H81FN14O13S2. The summed E-state index contributed by atoms with van der Waals surface area (Å²) in [4.78, 5) is 171. The third kappa shape index (κ3) is 21.0. The number of para-hydroxylation sites is 1. The molecule has 0 radical (unpaired) electrons. The first-order chi connectivity index (χ1) is 47.7. The van der Waals surface area contributed by atoms with Crippen LogP contribution in [0.15, 0.2) is 116 Å². The van der Waals surface area contributed by atoms with E-state index in [4.69, 9.17) is 11.5 Å². The van der Waals surface area contributed by atoms with Crippen LogP contribution < -0.4 is 48.7 Å². The fraction of sp³-hybridized carbons (Fsp3) is 0.391. The Bertz CT molecular complexity index is 4040. The second kappa shape index (κ2) is 35.4. The zero-order valence-electron chi connectivity index (χ0n) is 54.2. The monoisotopic (exact) mass is 1400 g/mol. The highest BCUT2D eigenvalue weighted by Gasteiger charge is 2.41. The molecule has 0 aliphatic carbocycles. The third-order valence-electron chi connectivity index (χ3n) is 17.3. The number of carboxylic acid groups (broad SMARTS) is 1. The van der Waals surface area contributed by atoms with Gasteiger partial charge in [-0.1, -0.05) is 54.6 Å². The van der Waals surface area contributed by atoms with Crippen LogP contribution in [0.3, 0.4) is 0 Å². The zero-order chi connectivity index (χ0) is 70.5. The number of carboxylic acids is 1. The zero-order valence-corrected chi connectivity index (χ0v) is 55.8. The molecule has 2 aliphatic rings. The average molecular weight is 1400 g/mol. The largest absolute Gasteiger partial charge is 0.508 e. The van der Waals surface area contributed by atoms with Crippen molar-refractivity contribution in [1.29, 1.82) is 0 Å². The number of aromatic nitrogens is 4. The molecule has 3 aromatic heterocycles. The van der Waals surface area contributed by atoms with Gasteiger partial charge in [0.1, 0.15) is 47.8 Å². The van der Waals surface area contributed by atoms with Crippen molar-refractivity contribution in [3.8, 4) is 5.75 Å². The number of rotatable bonds is 15. The number of halogens is 1. The van der Waals surface area contributed by atoms with Gasteiger partial charge >= 0.3 is 5.97 Å². The molecule has 2 aliphatic heterocycles. The summed E-state index contributed by atoms with van der Waals surface area (Å²) >= 11 is 2.88. The molecule has 99 heavy (non-hydrogen) atoms. The van der Waals surface area contributed by atoms with Crippen molar-refractivity contribution < 1.29 is 67.3 Å². The number of primary amides is 1. The van der Waals surface area contributed by atoms with E-state index in [0.29, 0.717) is 87.3 Å². The molecule has 1 fully saturated rings. The summed E-state index contributed by atoms with van der Waals surface area (Å²) < 4.78 is 14.9. The van der Waals surface area contributed by atoms with E-state index >= 15 is 14.4 Å². The van der Waals surface area contributed by atoms with Crippen LogP contribution >= 0.6 is 23.5 Å². The Hall–Kier alpha value is -10.1. The molecule has 8 atom stereocenters. The molecule has 16 N–H and O–H groups in total. The SMILES string of the molecule is NCCCC[C@@H]1NC(=O)CCSCc2cccc(c2)CSC[C@@H](C(N)=O)CC(=O)[C@@H]2CCCN2C(=O)[C@H](Cc2ccc(O)cc2)NC(=O)[C@H](Cc2cnc[nH]2)NC(=O)[C@H](CC(=O)O)NC(=O)[C@@H](Cc2c[nH]c3ccccc23)NC(=O)[C@H](Cc2c[nH]c3ccc(F)cc23)NC(=O)CNC1=O. The summed E-state index contributed by atoms with van der Waals surface area (Å²) in [6.07, 6.45) is 5.06. The number of benzene rings is 4. The van der Waals surface area contributed by atoms with Gasteiger partial charge in [-0.05, 0) is 103 Å². The Morgan fingerprint density at radius 1 is 0.646 bits per heavy atom. The average Bonchev–Trinajstić information content (AvgIpc) is 1.69. The number of hydrogen-bond donors (Lipinski definition) is 14. The van der Waals surface area contributed by atoms with Crippen molar-refractivity contribution in [3.63, 3.8) is 0 Å². The molecule has 9 rings (SSSR count). The van der Waals surface area contributed by atoms with Crippen LogP contribution in [0.5, 0.6) is 5.75 Å². The summed E-state index contributed by atoms with van der Waals surface area (Å²) in [7, 11) is 0. The Labute approximate surface area is 577 Å². The number of carbonyl (C=O) groups excluding carboxylic acids is 10. The van der Waals surface area contributed by atoms with Gasteiger partial charge in [-0.2, -0.15) is 23.5 Å². The molecule has 2 bridgehead atoms. The lowest BCUT2D eigenvalue weighted by Gasteiger charge is -2.30. The van der Waals surface area contributed by atoms with Gasteiger partial charge in [0.15, 0.2) is 5.78 Å². The van der Waals surface area contributed by atoms with Crippen molar-refractivity contribution in [2.24, 2.45) is 17.4 Å². The van der Waals surface area contributed by atoms with Crippen molar-refractivity contribution in [2.45, 2.75) is 131 Å². The minimum absolute atomic E-state index is 0.0345. The maximum atomic E-state index is 15.0. The number of unbranched alkanes of at least 4 members (excludes halogenated alkanes) is 1. The second-order valence-electron chi connectivity index (χ2n) is 24.6. The quantitative estimate of drug-likeness (QED) is 0.0656. The standard InChI is InChI=1S/C69H81FN14O13S2/c70-45-15-18-51-49(28-45)43(32-75-51)26-53-65(93)80-54(25-42-31-74-50-10-2-1-9-48(42)50)66(94)82-56(30-62(89)90)68(96)81-55(29-46-33-73-38-77-46)67(95)83-57(24-39-13-16-47(85)17-14-39)69(97)84-21-6-12-58(84)59(86)27-44(63(72)91)37-99-36-41-8-5-7-40(23-41)35-98-22-19-60(87)78-52(11-3-4-20-71)64(92)76-34-61(88)79-53/h1-2,5,7-10,13-18,23,28,31-33,38,44,52-58,74-75,85H,3-4,6,11-12,19-22,24-27,29-30,34-37,71H2,(H2,72,91)(H,73,77)(H,76,92)(H,78,87)(H,79,88)(H,80,93)(H,81,96)(H,82,94)(H,83,95)(H,89,90)/t44-,52-,53-,54+,55-,56-,57-,58-/m0/s1. The number of imidazole rings is 1. The fourth-order valence-corrected chi connectivity index (χ4v) is 14.1. The van der Waals surface area contributed by atoms with Gasteiger partial charge in [0.25, 0.3) is 0 Å². The fourth-order valence-electron chi connectivity index (χ4n) is 12.1. The maximum absolute atomic E-state index is 15.0. The summed E-state index contributed by atoms with van der Waals surface area (Å²) in [5, 5.41) is 40.0. The number of aliphatic carboxylic acids is 1. The summed E-state index contributed by atoms with van der Waals surface area (Å²) in [6.45, 7) is -0.295. The van der Waals surface area contributed by atoms with E-state index < -0.39 is 132 Å². The number of Topliss-reactive ketones (excluding diaryl/α,β-unsaturated/α-hetero) is 1. The van der Waals surface area contributed by atoms with Gasteiger partial charge in [0, 0.05) is 114 Å². The van der Waals surface area contributed by atoms with Gasteiger partial charge in [0.05, 0.1) is 31.3 Å². The molecule has 0 unspecified atom stereocenters. The topological polar surface area (TPSA) is 428 Å². The highest BCUT2D eigenvalue weighted by molar-refractivity contribution is 7.98. The molecule has 1 saturated heterocycles.